The predicted octanol–water partition coefficient (Wildman–Crippen LogP) is -0.881. The van der Waals surface area contributed by atoms with Crippen LogP contribution in [0.1, 0.15) is 6.42 Å². The second kappa shape index (κ2) is 4.39. The molecule has 0 bridgehead atoms. The molecule has 2 rings (SSSR count). The van der Waals surface area contributed by atoms with Crippen molar-refractivity contribution in [3.8, 4) is 0 Å². The van der Waals surface area contributed by atoms with Gasteiger partial charge in [0.1, 0.15) is 19.2 Å². The predicted molar refractivity (Wildman–Crippen MR) is 51.8 cm³/mol. The second-order valence-corrected chi connectivity index (χ2v) is 3.77. The molecule has 15 heavy (non-hydrogen) atoms. The topological polar surface area (TPSA) is 71.2 Å². The molecule has 1 aliphatic rings. The van der Waals surface area contributed by atoms with E-state index >= 15 is 0 Å². The number of amides is 1. The number of carbonyl (C=O) groups excluding carboxylic acids is 1. The molecule has 0 saturated carbocycles. The summed E-state index contributed by atoms with van der Waals surface area (Å²) in [6.45, 7) is 1.79. The second-order valence-electron chi connectivity index (χ2n) is 3.77. The molecule has 1 aromatic heterocycles. The fraction of sp³-hybridized carbons (Fsp3) is 0.667. The van der Waals surface area contributed by atoms with E-state index in [0.29, 0.717) is 6.54 Å². The van der Waals surface area contributed by atoms with Crippen LogP contribution in [0, 0.1) is 5.92 Å². The number of rotatable bonds is 3. The van der Waals surface area contributed by atoms with Gasteiger partial charge in [-0.3, -0.25) is 4.79 Å². The number of likely N-dealkylation sites (tertiary alicyclic amines) is 1. The molecular weight excluding hydrogens is 196 g/mol. The Kier molecular flexibility index (Phi) is 2.96. The van der Waals surface area contributed by atoms with Gasteiger partial charge in [0.2, 0.25) is 5.91 Å². The molecule has 6 heteroatoms. The first-order chi connectivity index (χ1) is 7.29. The molecule has 1 aliphatic heterocycles. The highest BCUT2D eigenvalue weighted by atomic mass is 16.3. The van der Waals surface area contributed by atoms with Crippen LogP contribution in [0.3, 0.4) is 0 Å². The normalized spacial score (nSPS) is 20.9. The zero-order chi connectivity index (χ0) is 10.7. The average Bonchev–Trinajstić information content (AvgIpc) is 2.86. The van der Waals surface area contributed by atoms with E-state index in [1.54, 1.807) is 4.90 Å². The van der Waals surface area contributed by atoms with Crippen LogP contribution in [0.4, 0.5) is 0 Å². The first-order valence-corrected chi connectivity index (χ1v) is 5.00. The van der Waals surface area contributed by atoms with Gasteiger partial charge < -0.3 is 10.0 Å². The molecule has 1 saturated heterocycles. The van der Waals surface area contributed by atoms with E-state index in [4.69, 9.17) is 5.11 Å². The average molecular weight is 210 g/mol. The maximum atomic E-state index is 11.7. The van der Waals surface area contributed by atoms with Crippen LogP contribution < -0.4 is 0 Å². The summed E-state index contributed by atoms with van der Waals surface area (Å²) in [6, 6.07) is 0. The Balaban J connectivity index is 1.87. The minimum atomic E-state index is 0.0384. The van der Waals surface area contributed by atoms with E-state index in [-0.39, 0.29) is 25.0 Å². The zero-order valence-corrected chi connectivity index (χ0v) is 8.41. The molecule has 0 aromatic carbocycles. The van der Waals surface area contributed by atoms with Crippen molar-refractivity contribution >= 4 is 5.91 Å². The zero-order valence-electron chi connectivity index (χ0n) is 8.41. The third-order valence-corrected chi connectivity index (χ3v) is 2.66. The minimum absolute atomic E-state index is 0.0384. The standard InChI is InChI=1S/C9H14N4O2/c14-5-8-1-2-12(3-8)9(15)4-13-7-10-6-11-13/h6-8,14H,1-5H2. The fourth-order valence-corrected chi connectivity index (χ4v) is 1.76. The molecule has 1 unspecified atom stereocenters. The largest absolute Gasteiger partial charge is 0.396 e. The summed E-state index contributed by atoms with van der Waals surface area (Å²) in [5, 5.41) is 12.8. The van der Waals surface area contributed by atoms with Gasteiger partial charge in [0.05, 0.1) is 0 Å². The van der Waals surface area contributed by atoms with Gasteiger partial charge >= 0.3 is 0 Å². The van der Waals surface area contributed by atoms with E-state index < -0.39 is 0 Å². The SMILES string of the molecule is O=C(Cn1cncn1)N1CCC(CO)C1. The van der Waals surface area contributed by atoms with Crippen LogP contribution >= 0.6 is 0 Å². The van der Waals surface area contributed by atoms with E-state index in [1.165, 1.54) is 17.3 Å². The van der Waals surface area contributed by atoms with Gasteiger partial charge in [0.15, 0.2) is 0 Å². The van der Waals surface area contributed by atoms with Crippen molar-refractivity contribution in [3.63, 3.8) is 0 Å². The van der Waals surface area contributed by atoms with Crippen LogP contribution in [-0.4, -0.2) is 50.4 Å². The van der Waals surface area contributed by atoms with Crippen molar-refractivity contribution in [2.75, 3.05) is 19.7 Å². The first-order valence-electron chi connectivity index (χ1n) is 5.00. The summed E-state index contributed by atoms with van der Waals surface area (Å²) in [6.07, 6.45) is 3.82. The fourth-order valence-electron chi connectivity index (χ4n) is 1.76. The number of hydrogen-bond donors (Lipinski definition) is 1. The molecule has 82 valence electrons. The number of carbonyl (C=O) groups is 1. The molecule has 1 fully saturated rings. The molecule has 0 radical (unpaired) electrons. The molecule has 1 N–H and O–H groups in total. The van der Waals surface area contributed by atoms with E-state index in [0.717, 1.165) is 13.0 Å². The van der Waals surface area contributed by atoms with Gasteiger partial charge in [-0.15, -0.1) is 0 Å². The highest BCUT2D eigenvalue weighted by Crippen LogP contribution is 2.15. The van der Waals surface area contributed by atoms with Gasteiger partial charge in [-0.1, -0.05) is 0 Å². The lowest BCUT2D eigenvalue weighted by Gasteiger charge is -2.15. The molecular formula is C9H14N4O2. The summed E-state index contributed by atoms with van der Waals surface area (Å²) in [4.78, 5) is 17.3. The van der Waals surface area contributed by atoms with Gasteiger partial charge in [0.25, 0.3) is 0 Å². The molecule has 0 spiro atoms. The van der Waals surface area contributed by atoms with Crippen molar-refractivity contribution in [2.45, 2.75) is 13.0 Å². The monoisotopic (exact) mass is 210 g/mol. The number of hydrogen-bond acceptors (Lipinski definition) is 4. The van der Waals surface area contributed by atoms with Gasteiger partial charge in [-0.05, 0) is 6.42 Å². The lowest BCUT2D eigenvalue weighted by molar-refractivity contribution is -0.131. The molecule has 2 heterocycles. The smallest absolute Gasteiger partial charge is 0.244 e. The number of nitrogens with zero attached hydrogens (tertiary/aromatic N) is 4. The van der Waals surface area contributed by atoms with E-state index in [1.807, 2.05) is 0 Å². The van der Waals surface area contributed by atoms with Crippen LogP contribution in [-0.2, 0) is 11.3 Å². The number of aliphatic hydroxyl groups is 1. The van der Waals surface area contributed by atoms with Gasteiger partial charge in [-0.2, -0.15) is 5.10 Å². The van der Waals surface area contributed by atoms with Gasteiger partial charge in [0, 0.05) is 25.6 Å². The maximum Gasteiger partial charge on any atom is 0.244 e. The highest BCUT2D eigenvalue weighted by Gasteiger charge is 2.25. The summed E-state index contributed by atoms with van der Waals surface area (Å²) in [5.74, 6) is 0.279. The Labute approximate surface area is 87.5 Å². The summed E-state index contributed by atoms with van der Waals surface area (Å²) in [5.41, 5.74) is 0. The lowest BCUT2D eigenvalue weighted by atomic mass is 10.1. The van der Waals surface area contributed by atoms with Gasteiger partial charge in [-0.25, -0.2) is 9.67 Å². The Bertz CT molecular complexity index is 325. The maximum absolute atomic E-state index is 11.7. The van der Waals surface area contributed by atoms with Crippen LogP contribution in [0.5, 0.6) is 0 Å². The molecule has 1 aromatic rings. The number of aromatic nitrogens is 3. The lowest BCUT2D eigenvalue weighted by Crippen LogP contribution is -2.32. The Morgan fingerprint density at radius 1 is 1.60 bits per heavy atom. The summed E-state index contributed by atoms with van der Waals surface area (Å²) in [7, 11) is 0. The molecule has 6 nitrogen and oxygen atoms in total. The first kappa shape index (κ1) is 10.1. The minimum Gasteiger partial charge on any atom is -0.396 e. The molecule has 1 atom stereocenters. The number of aliphatic hydroxyl groups excluding tert-OH is 1. The van der Waals surface area contributed by atoms with Crippen LogP contribution in [0.25, 0.3) is 0 Å². The van der Waals surface area contributed by atoms with Crippen LogP contribution in [0.15, 0.2) is 12.7 Å². The van der Waals surface area contributed by atoms with Crippen molar-refractivity contribution in [2.24, 2.45) is 5.92 Å². The Morgan fingerprint density at radius 3 is 3.07 bits per heavy atom. The van der Waals surface area contributed by atoms with Crippen molar-refractivity contribution in [1.29, 1.82) is 0 Å². The highest BCUT2D eigenvalue weighted by molar-refractivity contribution is 5.76. The quantitative estimate of drug-likeness (QED) is 0.703. The third-order valence-electron chi connectivity index (χ3n) is 2.66. The third kappa shape index (κ3) is 2.33. The molecule has 1 amide bonds. The Hall–Kier alpha value is -1.43. The van der Waals surface area contributed by atoms with E-state index in [9.17, 15) is 4.79 Å². The van der Waals surface area contributed by atoms with Crippen molar-refractivity contribution < 1.29 is 9.90 Å². The summed E-state index contributed by atoms with van der Waals surface area (Å²) < 4.78 is 1.51. The molecule has 0 aliphatic carbocycles. The van der Waals surface area contributed by atoms with Crippen molar-refractivity contribution in [3.05, 3.63) is 12.7 Å². The van der Waals surface area contributed by atoms with Crippen molar-refractivity contribution in [1.82, 2.24) is 19.7 Å². The summed E-state index contributed by atoms with van der Waals surface area (Å²) >= 11 is 0. The Morgan fingerprint density at radius 2 is 2.47 bits per heavy atom. The van der Waals surface area contributed by atoms with Crippen LogP contribution in [0.2, 0.25) is 0 Å². The van der Waals surface area contributed by atoms with E-state index in [2.05, 4.69) is 10.1 Å².